The fourth-order valence-corrected chi connectivity index (χ4v) is 3.34. The molecule has 0 spiro atoms. The van der Waals surface area contributed by atoms with Crippen LogP contribution in [0.4, 0.5) is 36.3 Å². The van der Waals surface area contributed by atoms with Gasteiger partial charge in [-0.3, -0.25) is 4.79 Å². The molecule has 0 radical (unpaired) electrons. The van der Waals surface area contributed by atoms with Crippen LogP contribution in [-0.2, 0) is 12.6 Å². The molecule has 1 aliphatic rings. The number of alkyl halides is 3. The lowest BCUT2D eigenvalue weighted by Crippen LogP contribution is -2.18. The average Bonchev–Trinajstić information content (AvgIpc) is 2.69. The van der Waals surface area contributed by atoms with Crippen molar-refractivity contribution in [1.29, 1.82) is 0 Å². The van der Waals surface area contributed by atoms with Gasteiger partial charge in [0, 0.05) is 17.8 Å². The van der Waals surface area contributed by atoms with E-state index in [0.717, 1.165) is 23.4 Å². The Balaban J connectivity index is 1.72. The topological polar surface area (TPSA) is 66.9 Å². The van der Waals surface area contributed by atoms with Gasteiger partial charge in [-0.2, -0.15) is 18.2 Å². The number of rotatable bonds is 4. The van der Waals surface area contributed by atoms with E-state index in [-0.39, 0.29) is 23.2 Å². The molecule has 0 fully saturated rings. The number of hydrogen-bond acceptors (Lipinski definition) is 5. The predicted molar refractivity (Wildman–Crippen MR) is 108 cm³/mol. The van der Waals surface area contributed by atoms with Crippen LogP contribution in [0.25, 0.3) is 0 Å². The van der Waals surface area contributed by atoms with Crippen molar-refractivity contribution in [3.63, 3.8) is 0 Å². The first kappa shape index (κ1) is 19.9. The number of nitrogens with zero attached hydrogens (tertiary/aromatic N) is 2. The Morgan fingerprint density at radius 2 is 1.70 bits per heavy atom. The van der Waals surface area contributed by atoms with Crippen molar-refractivity contribution in [3.8, 4) is 0 Å². The standard InChI is InChI=1S/C22H19F3N4O/c1-13-8-10-15(11-9-13)27-21-28-17-6-3-7-18(30)19(17)20(29-21)26-16-5-2-4-14(12-16)22(23,24)25/h2,4-5,8-12H,3,6-7H2,1H3,(H2,26,27,28,29). The van der Waals surface area contributed by atoms with Gasteiger partial charge in [0.05, 0.1) is 16.8 Å². The fourth-order valence-electron chi connectivity index (χ4n) is 3.34. The zero-order valence-corrected chi connectivity index (χ0v) is 16.2. The van der Waals surface area contributed by atoms with E-state index in [1.54, 1.807) is 0 Å². The van der Waals surface area contributed by atoms with Crippen LogP contribution in [0.2, 0.25) is 0 Å². The van der Waals surface area contributed by atoms with E-state index >= 15 is 0 Å². The highest BCUT2D eigenvalue weighted by Gasteiger charge is 2.31. The maximum atomic E-state index is 13.1. The number of benzene rings is 2. The van der Waals surface area contributed by atoms with E-state index in [0.29, 0.717) is 30.5 Å². The van der Waals surface area contributed by atoms with Gasteiger partial charge in [-0.25, -0.2) is 4.98 Å². The van der Waals surface area contributed by atoms with E-state index in [4.69, 9.17) is 0 Å². The Bertz CT molecular complexity index is 1090. The van der Waals surface area contributed by atoms with Gasteiger partial charge in [-0.1, -0.05) is 23.8 Å². The smallest absolute Gasteiger partial charge is 0.339 e. The number of aryl methyl sites for hydroxylation is 2. The number of Topliss-reactive ketones (excluding diaryl/α,β-unsaturated/α-hetero) is 1. The van der Waals surface area contributed by atoms with Crippen LogP contribution < -0.4 is 10.6 Å². The Labute approximate surface area is 171 Å². The quantitative estimate of drug-likeness (QED) is 0.566. The van der Waals surface area contributed by atoms with E-state index in [9.17, 15) is 18.0 Å². The molecule has 5 nitrogen and oxygen atoms in total. The van der Waals surface area contributed by atoms with Crippen LogP contribution in [0.3, 0.4) is 0 Å². The summed E-state index contributed by atoms with van der Waals surface area (Å²) in [5.74, 6) is 0.369. The third kappa shape index (κ3) is 4.27. The molecule has 0 saturated carbocycles. The Morgan fingerprint density at radius 3 is 2.43 bits per heavy atom. The van der Waals surface area contributed by atoms with Crippen LogP contribution in [-0.4, -0.2) is 15.8 Å². The number of fused-ring (bicyclic) bond motifs is 1. The minimum absolute atomic E-state index is 0.118. The highest BCUT2D eigenvalue weighted by Crippen LogP contribution is 2.33. The highest BCUT2D eigenvalue weighted by molar-refractivity contribution is 6.03. The number of carbonyl (C=O) groups is 1. The molecule has 1 heterocycles. The molecule has 0 saturated heterocycles. The van der Waals surface area contributed by atoms with E-state index in [2.05, 4.69) is 20.6 Å². The molecule has 8 heteroatoms. The second kappa shape index (κ2) is 7.78. The third-order valence-corrected chi connectivity index (χ3v) is 4.84. The van der Waals surface area contributed by atoms with E-state index < -0.39 is 11.7 Å². The normalized spacial score (nSPS) is 13.7. The second-order valence-corrected chi connectivity index (χ2v) is 7.19. The largest absolute Gasteiger partial charge is 0.416 e. The number of aromatic nitrogens is 2. The first-order chi connectivity index (χ1) is 14.3. The van der Waals surface area contributed by atoms with Gasteiger partial charge in [0.1, 0.15) is 5.82 Å². The number of ketones is 1. The third-order valence-electron chi connectivity index (χ3n) is 4.84. The summed E-state index contributed by atoms with van der Waals surface area (Å²) in [5, 5.41) is 6.00. The summed E-state index contributed by atoms with van der Waals surface area (Å²) in [6, 6.07) is 12.4. The van der Waals surface area contributed by atoms with Gasteiger partial charge in [0.25, 0.3) is 0 Å². The first-order valence-corrected chi connectivity index (χ1v) is 9.52. The van der Waals surface area contributed by atoms with Crippen molar-refractivity contribution in [3.05, 3.63) is 70.9 Å². The summed E-state index contributed by atoms with van der Waals surface area (Å²) in [4.78, 5) is 21.4. The molecule has 0 amide bonds. The zero-order valence-electron chi connectivity index (χ0n) is 16.2. The Morgan fingerprint density at radius 1 is 0.933 bits per heavy atom. The molecule has 4 rings (SSSR count). The van der Waals surface area contributed by atoms with E-state index in [1.165, 1.54) is 12.1 Å². The molecule has 0 bridgehead atoms. The fraction of sp³-hybridized carbons (Fsp3) is 0.227. The summed E-state index contributed by atoms with van der Waals surface area (Å²) >= 11 is 0. The summed E-state index contributed by atoms with van der Waals surface area (Å²) in [6.07, 6.45) is -2.83. The van der Waals surface area contributed by atoms with Crippen LogP contribution in [0.15, 0.2) is 48.5 Å². The minimum atomic E-state index is -4.46. The van der Waals surface area contributed by atoms with Gasteiger partial charge < -0.3 is 10.6 Å². The molecule has 0 atom stereocenters. The van der Waals surface area contributed by atoms with Crippen molar-refractivity contribution < 1.29 is 18.0 Å². The lowest BCUT2D eigenvalue weighted by atomic mass is 9.95. The average molecular weight is 412 g/mol. The number of nitrogens with one attached hydrogen (secondary N) is 2. The highest BCUT2D eigenvalue weighted by atomic mass is 19.4. The molecule has 2 N–H and O–H groups in total. The number of carbonyl (C=O) groups excluding carboxylic acids is 1. The van der Waals surface area contributed by atoms with Crippen molar-refractivity contribution in [2.75, 3.05) is 10.6 Å². The summed E-state index contributed by atoms with van der Waals surface area (Å²) in [6.45, 7) is 1.97. The summed E-state index contributed by atoms with van der Waals surface area (Å²) in [7, 11) is 0. The molecular formula is C22H19F3N4O. The monoisotopic (exact) mass is 412 g/mol. The first-order valence-electron chi connectivity index (χ1n) is 9.52. The number of hydrogen-bond donors (Lipinski definition) is 2. The van der Waals surface area contributed by atoms with Gasteiger partial charge >= 0.3 is 6.18 Å². The maximum absolute atomic E-state index is 13.1. The van der Waals surface area contributed by atoms with Crippen molar-refractivity contribution in [2.24, 2.45) is 0 Å². The molecule has 3 aromatic rings. The van der Waals surface area contributed by atoms with Gasteiger partial charge in [0.2, 0.25) is 5.95 Å². The van der Waals surface area contributed by atoms with Crippen LogP contribution >= 0.6 is 0 Å². The van der Waals surface area contributed by atoms with Gasteiger partial charge in [-0.15, -0.1) is 0 Å². The maximum Gasteiger partial charge on any atom is 0.416 e. The van der Waals surface area contributed by atoms with Gasteiger partial charge in [0.15, 0.2) is 5.78 Å². The van der Waals surface area contributed by atoms with Crippen molar-refractivity contribution in [1.82, 2.24) is 9.97 Å². The van der Waals surface area contributed by atoms with Gasteiger partial charge in [-0.05, 0) is 50.1 Å². The zero-order chi connectivity index (χ0) is 21.3. The molecule has 0 unspecified atom stereocenters. The molecule has 2 aromatic carbocycles. The Hall–Kier alpha value is -3.42. The second-order valence-electron chi connectivity index (χ2n) is 7.19. The Kier molecular flexibility index (Phi) is 5.15. The van der Waals surface area contributed by atoms with Crippen LogP contribution in [0.5, 0.6) is 0 Å². The van der Waals surface area contributed by atoms with Crippen molar-refractivity contribution in [2.45, 2.75) is 32.4 Å². The SMILES string of the molecule is Cc1ccc(Nc2nc3c(c(Nc4cccc(C(F)(F)F)c4)n2)C(=O)CCC3)cc1. The molecular weight excluding hydrogens is 393 g/mol. The minimum Gasteiger partial charge on any atom is -0.339 e. The molecule has 30 heavy (non-hydrogen) atoms. The van der Waals surface area contributed by atoms with Crippen molar-refractivity contribution >= 4 is 28.9 Å². The molecule has 1 aromatic heterocycles. The lowest BCUT2D eigenvalue weighted by molar-refractivity contribution is -0.137. The molecule has 1 aliphatic carbocycles. The molecule has 154 valence electrons. The predicted octanol–water partition coefficient (Wildman–Crippen LogP) is 5.81. The van der Waals surface area contributed by atoms with Crippen LogP contribution in [0, 0.1) is 6.92 Å². The van der Waals surface area contributed by atoms with E-state index in [1.807, 2.05) is 31.2 Å². The lowest BCUT2D eigenvalue weighted by Gasteiger charge is -2.19. The summed E-state index contributed by atoms with van der Waals surface area (Å²) < 4.78 is 39.2. The summed E-state index contributed by atoms with van der Waals surface area (Å²) in [5.41, 5.74) is 2.22. The van der Waals surface area contributed by atoms with Crippen LogP contribution in [0.1, 0.15) is 40.0 Å². The number of halogens is 3. The number of anilines is 4. The molecule has 0 aliphatic heterocycles.